The number of aromatic nitrogens is 2. The predicted octanol–water partition coefficient (Wildman–Crippen LogP) is 4.44. The molecule has 0 saturated carbocycles. The van der Waals surface area contributed by atoms with E-state index in [0.29, 0.717) is 24.0 Å². The maximum Gasteiger partial charge on any atom is 0.148 e. The van der Waals surface area contributed by atoms with Gasteiger partial charge in [-0.2, -0.15) is 0 Å². The molecule has 1 N–H and O–H groups in total. The van der Waals surface area contributed by atoms with Gasteiger partial charge in [0.25, 0.3) is 0 Å². The van der Waals surface area contributed by atoms with Crippen LogP contribution in [0, 0.1) is 6.92 Å². The molecule has 0 spiro atoms. The number of aryl methyl sites for hydroxylation is 3. The van der Waals surface area contributed by atoms with Crippen molar-refractivity contribution in [3.63, 3.8) is 0 Å². The molecule has 0 aliphatic carbocycles. The van der Waals surface area contributed by atoms with E-state index in [-0.39, 0.29) is 0 Å². The van der Waals surface area contributed by atoms with Gasteiger partial charge < -0.3 is 10.1 Å². The fourth-order valence-electron chi connectivity index (χ4n) is 2.41. The Balaban J connectivity index is 1.90. The van der Waals surface area contributed by atoms with E-state index in [4.69, 9.17) is 16.3 Å². The van der Waals surface area contributed by atoms with Crippen molar-refractivity contribution in [3.05, 3.63) is 46.4 Å². The Hall–Kier alpha value is -1.81. The molecule has 124 valence electrons. The third-order valence-corrected chi connectivity index (χ3v) is 4.11. The number of hydrogen-bond acceptors (Lipinski definition) is 4. The Bertz CT molecular complexity index is 646. The number of nitrogens with one attached hydrogen (secondary N) is 1. The van der Waals surface area contributed by atoms with E-state index in [9.17, 15) is 0 Å². The lowest BCUT2D eigenvalue weighted by molar-refractivity contribution is 0.329. The highest BCUT2D eigenvalue weighted by atomic mass is 35.5. The molecule has 1 aromatic carbocycles. The van der Waals surface area contributed by atoms with Crippen LogP contribution in [-0.4, -0.2) is 23.1 Å². The van der Waals surface area contributed by atoms with Gasteiger partial charge in [-0.05, 0) is 37.0 Å². The van der Waals surface area contributed by atoms with Gasteiger partial charge in [0, 0.05) is 0 Å². The molecule has 0 unspecified atom stereocenters. The Morgan fingerprint density at radius 1 is 1.22 bits per heavy atom. The summed E-state index contributed by atoms with van der Waals surface area (Å²) in [4.78, 5) is 8.19. The quantitative estimate of drug-likeness (QED) is 0.725. The highest BCUT2D eigenvalue weighted by molar-refractivity contribution is 6.33. The molecule has 2 aromatic rings. The lowest BCUT2D eigenvalue weighted by atomic mass is 10.0. The topological polar surface area (TPSA) is 47.0 Å². The molecule has 1 aromatic heterocycles. The summed E-state index contributed by atoms with van der Waals surface area (Å²) < 4.78 is 5.90. The summed E-state index contributed by atoms with van der Waals surface area (Å²) in [6, 6.07) is 6.47. The number of hydrogen-bond donors (Lipinski definition) is 1. The van der Waals surface area contributed by atoms with Gasteiger partial charge in [-0.1, -0.05) is 44.0 Å². The van der Waals surface area contributed by atoms with Crippen molar-refractivity contribution in [2.45, 2.75) is 40.0 Å². The highest BCUT2D eigenvalue weighted by Gasteiger charge is 2.06. The Morgan fingerprint density at radius 3 is 2.78 bits per heavy atom. The first-order valence-corrected chi connectivity index (χ1v) is 8.49. The smallest absolute Gasteiger partial charge is 0.148 e. The van der Waals surface area contributed by atoms with Crippen LogP contribution in [0.4, 0.5) is 5.82 Å². The fourth-order valence-corrected chi connectivity index (χ4v) is 2.57. The number of nitrogens with zero attached hydrogens (tertiary/aromatic N) is 2. The molecule has 4 nitrogen and oxygen atoms in total. The molecule has 0 bridgehead atoms. The van der Waals surface area contributed by atoms with Crippen molar-refractivity contribution >= 4 is 17.4 Å². The highest BCUT2D eigenvalue weighted by Crippen LogP contribution is 2.22. The molecule has 0 saturated heterocycles. The summed E-state index contributed by atoms with van der Waals surface area (Å²) in [5.41, 5.74) is 3.40. The predicted molar refractivity (Wildman–Crippen MR) is 95.6 cm³/mol. The van der Waals surface area contributed by atoms with Gasteiger partial charge in [-0.15, -0.1) is 0 Å². The molecule has 0 aliphatic heterocycles. The second kappa shape index (κ2) is 8.73. The monoisotopic (exact) mass is 333 g/mol. The number of halogens is 1. The van der Waals surface area contributed by atoms with E-state index in [0.717, 1.165) is 30.7 Å². The summed E-state index contributed by atoms with van der Waals surface area (Å²) in [7, 11) is 0. The second-order valence-electron chi connectivity index (χ2n) is 5.44. The van der Waals surface area contributed by atoms with Crippen LogP contribution in [0.5, 0.6) is 5.75 Å². The molecule has 1 heterocycles. The van der Waals surface area contributed by atoms with Crippen molar-refractivity contribution in [2.75, 3.05) is 18.5 Å². The largest absolute Gasteiger partial charge is 0.491 e. The summed E-state index contributed by atoms with van der Waals surface area (Å²) in [5, 5.41) is 3.75. The van der Waals surface area contributed by atoms with Gasteiger partial charge in [0.05, 0.1) is 12.2 Å². The molecule has 5 heteroatoms. The summed E-state index contributed by atoms with van der Waals surface area (Å²) in [5.74, 6) is 1.61. The summed E-state index contributed by atoms with van der Waals surface area (Å²) in [6.07, 6.45) is 4.75. The van der Waals surface area contributed by atoms with Gasteiger partial charge >= 0.3 is 0 Å². The lowest BCUT2D eigenvalue weighted by Gasteiger charge is -2.13. The van der Waals surface area contributed by atoms with Crippen molar-refractivity contribution < 1.29 is 4.74 Å². The van der Waals surface area contributed by atoms with E-state index in [1.807, 2.05) is 6.92 Å². The zero-order valence-corrected chi connectivity index (χ0v) is 14.8. The minimum absolute atomic E-state index is 0.555. The third-order valence-electron chi connectivity index (χ3n) is 3.66. The molecule has 0 aliphatic rings. The van der Waals surface area contributed by atoms with Gasteiger partial charge in [0.2, 0.25) is 0 Å². The minimum Gasteiger partial charge on any atom is -0.491 e. The average Bonchev–Trinajstić information content (AvgIpc) is 2.56. The molecule has 2 rings (SSSR count). The number of rotatable bonds is 8. The molecule has 0 amide bonds. The van der Waals surface area contributed by atoms with Crippen molar-refractivity contribution in [3.8, 4) is 5.75 Å². The maximum absolute atomic E-state index is 6.16. The number of anilines is 1. The normalized spacial score (nSPS) is 10.6. The molecule has 0 radical (unpaired) electrons. The van der Waals surface area contributed by atoms with Gasteiger partial charge in [0.1, 0.15) is 29.5 Å². The van der Waals surface area contributed by atoms with Crippen LogP contribution < -0.4 is 10.1 Å². The summed E-state index contributed by atoms with van der Waals surface area (Å²) in [6.45, 7) is 7.40. The van der Waals surface area contributed by atoms with Crippen molar-refractivity contribution in [1.29, 1.82) is 0 Å². The zero-order chi connectivity index (χ0) is 16.7. The first-order chi connectivity index (χ1) is 11.2. The molecule has 23 heavy (non-hydrogen) atoms. The van der Waals surface area contributed by atoms with Crippen LogP contribution in [0.2, 0.25) is 5.02 Å². The minimum atomic E-state index is 0.555. The lowest BCUT2D eigenvalue weighted by Crippen LogP contribution is -2.13. The fraction of sp³-hybridized carbons (Fsp3) is 0.444. The number of benzene rings is 1. The van der Waals surface area contributed by atoms with Crippen LogP contribution in [0.15, 0.2) is 24.5 Å². The SMILES string of the molecule is CCCc1ccc(OCCNc2ncnc(C)c2Cl)c(CC)c1. The van der Waals surface area contributed by atoms with Crippen LogP contribution in [0.25, 0.3) is 0 Å². The second-order valence-corrected chi connectivity index (χ2v) is 5.82. The van der Waals surface area contributed by atoms with Crippen LogP contribution in [-0.2, 0) is 12.8 Å². The molecule has 0 atom stereocenters. The first-order valence-electron chi connectivity index (χ1n) is 8.11. The average molecular weight is 334 g/mol. The Kier molecular flexibility index (Phi) is 6.66. The van der Waals surface area contributed by atoms with E-state index >= 15 is 0 Å². The number of ether oxygens (including phenoxy) is 1. The third kappa shape index (κ3) is 4.83. The zero-order valence-electron chi connectivity index (χ0n) is 14.0. The van der Waals surface area contributed by atoms with Crippen molar-refractivity contribution in [1.82, 2.24) is 9.97 Å². The van der Waals surface area contributed by atoms with Gasteiger partial charge in [-0.25, -0.2) is 9.97 Å². The van der Waals surface area contributed by atoms with Crippen molar-refractivity contribution in [2.24, 2.45) is 0 Å². The molecular formula is C18H24ClN3O. The van der Waals surface area contributed by atoms with E-state index in [1.54, 1.807) is 0 Å². The van der Waals surface area contributed by atoms with Crippen LogP contribution in [0.1, 0.15) is 37.1 Å². The van der Waals surface area contributed by atoms with Crippen LogP contribution in [0.3, 0.4) is 0 Å². The van der Waals surface area contributed by atoms with Gasteiger partial charge in [-0.3, -0.25) is 0 Å². The Labute approximate surface area is 143 Å². The van der Waals surface area contributed by atoms with Gasteiger partial charge in [0.15, 0.2) is 0 Å². The van der Waals surface area contributed by atoms with E-state index in [2.05, 4.69) is 47.3 Å². The van der Waals surface area contributed by atoms with Crippen LogP contribution >= 0.6 is 11.6 Å². The molecular weight excluding hydrogens is 310 g/mol. The van der Waals surface area contributed by atoms with E-state index < -0.39 is 0 Å². The molecule has 0 fully saturated rings. The maximum atomic E-state index is 6.16. The summed E-state index contributed by atoms with van der Waals surface area (Å²) >= 11 is 6.16. The standard InChI is InChI=1S/C18H24ClN3O/c1-4-6-14-7-8-16(15(5-2)11-14)23-10-9-20-18-17(19)13(3)21-12-22-18/h7-8,11-12H,4-6,9-10H2,1-3H3,(H,20,21,22). The van der Waals surface area contributed by atoms with E-state index in [1.165, 1.54) is 17.5 Å². The Morgan fingerprint density at radius 2 is 2.04 bits per heavy atom. The first kappa shape index (κ1) is 17.5.